The molecule has 0 spiro atoms. The largest absolute Gasteiger partial charge is 0.461 e. The van der Waals surface area contributed by atoms with E-state index in [-0.39, 0.29) is 30.3 Å². The second kappa shape index (κ2) is 7.22. The predicted molar refractivity (Wildman–Crippen MR) is 86.4 cm³/mol. The van der Waals surface area contributed by atoms with Crippen molar-refractivity contribution in [2.45, 2.75) is 6.54 Å². The third-order valence-corrected chi connectivity index (χ3v) is 3.55. The van der Waals surface area contributed by atoms with Crippen LogP contribution in [0.5, 0.6) is 6.01 Å². The van der Waals surface area contributed by atoms with Gasteiger partial charge < -0.3 is 14.5 Å². The van der Waals surface area contributed by atoms with Crippen LogP contribution in [0.1, 0.15) is 15.9 Å². The molecule has 25 heavy (non-hydrogen) atoms. The molecule has 0 radical (unpaired) electrons. The zero-order valence-electron chi connectivity index (χ0n) is 13.4. The number of hydrogen-bond donors (Lipinski definition) is 1. The molecule has 0 unspecified atom stereocenters. The van der Waals surface area contributed by atoms with Gasteiger partial charge >= 0.3 is 11.7 Å². The Kier molecular flexibility index (Phi) is 4.85. The third-order valence-electron chi connectivity index (χ3n) is 3.55. The van der Waals surface area contributed by atoms with Crippen LogP contribution < -0.4 is 10.4 Å². The van der Waals surface area contributed by atoms with E-state index in [1.165, 1.54) is 22.9 Å². The minimum absolute atomic E-state index is 0.0433. The number of ether oxygens (including phenoxy) is 2. The van der Waals surface area contributed by atoms with E-state index in [9.17, 15) is 14.0 Å². The highest BCUT2D eigenvalue weighted by Crippen LogP contribution is 2.15. The molecule has 0 aliphatic carbocycles. The molecule has 0 amide bonds. The molecule has 130 valence electrons. The summed E-state index contributed by atoms with van der Waals surface area (Å²) in [5.74, 6) is -0.573. The first-order valence-corrected chi connectivity index (χ1v) is 7.43. The average Bonchev–Trinajstić information content (AvgIpc) is 2.92. The van der Waals surface area contributed by atoms with Gasteiger partial charge in [-0.05, 0) is 6.07 Å². The molecule has 2 aromatic heterocycles. The smallest absolute Gasteiger partial charge is 0.328 e. The van der Waals surface area contributed by atoms with Gasteiger partial charge in [-0.3, -0.25) is 9.36 Å². The van der Waals surface area contributed by atoms with Gasteiger partial charge in [-0.2, -0.15) is 4.98 Å². The SMILES string of the molecule is COCCOc1ncc2[nH]c(=O)n(Cc3ccc(C=O)cc3F)c2n1. The summed E-state index contributed by atoms with van der Waals surface area (Å²) < 4.78 is 25.6. The number of aldehydes is 1. The van der Waals surface area contributed by atoms with Crippen LogP contribution in [0.15, 0.2) is 29.2 Å². The van der Waals surface area contributed by atoms with Gasteiger partial charge in [-0.15, -0.1) is 0 Å². The van der Waals surface area contributed by atoms with Crippen molar-refractivity contribution in [3.63, 3.8) is 0 Å². The number of carbonyl (C=O) groups excluding carboxylic acids is 1. The van der Waals surface area contributed by atoms with Gasteiger partial charge in [-0.25, -0.2) is 14.2 Å². The van der Waals surface area contributed by atoms with E-state index in [0.717, 1.165) is 6.07 Å². The summed E-state index contributed by atoms with van der Waals surface area (Å²) in [7, 11) is 1.54. The highest BCUT2D eigenvalue weighted by Gasteiger charge is 2.13. The first kappa shape index (κ1) is 16.8. The van der Waals surface area contributed by atoms with E-state index in [4.69, 9.17) is 9.47 Å². The number of rotatable bonds is 7. The molecule has 0 bridgehead atoms. The molecule has 9 heteroatoms. The van der Waals surface area contributed by atoms with Crippen LogP contribution in [0.4, 0.5) is 4.39 Å². The molecule has 0 aliphatic rings. The number of nitrogens with zero attached hydrogens (tertiary/aromatic N) is 3. The Morgan fingerprint density at radius 2 is 2.20 bits per heavy atom. The summed E-state index contributed by atoms with van der Waals surface area (Å²) in [6.45, 7) is 0.590. The number of nitrogens with one attached hydrogen (secondary N) is 1. The van der Waals surface area contributed by atoms with Gasteiger partial charge in [-0.1, -0.05) is 12.1 Å². The van der Waals surface area contributed by atoms with Gasteiger partial charge in [0, 0.05) is 18.2 Å². The summed E-state index contributed by atoms with van der Waals surface area (Å²) in [5, 5.41) is 0. The molecular weight excluding hydrogens is 331 g/mol. The number of H-pyrrole nitrogens is 1. The topological polar surface area (TPSA) is 99.1 Å². The van der Waals surface area contributed by atoms with Gasteiger partial charge in [0.05, 0.1) is 19.3 Å². The molecular formula is C16H15FN4O4. The van der Waals surface area contributed by atoms with E-state index in [1.807, 2.05) is 0 Å². The number of carbonyl (C=O) groups is 1. The number of halogens is 1. The number of methoxy groups -OCH3 is 1. The van der Waals surface area contributed by atoms with Crippen molar-refractivity contribution < 1.29 is 18.7 Å². The van der Waals surface area contributed by atoms with Crippen molar-refractivity contribution in [3.8, 4) is 6.01 Å². The first-order valence-electron chi connectivity index (χ1n) is 7.43. The maximum absolute atomic E-state index is 14.1. The van der Waals surface area contributed by atoms with E-state index in [1.54, 1.807) is 7.11 Å². The standard InChI is InChI=1S/C16H15FN4O4/c1-24-4-5-25-15-18-7-13-14(20-15)21(16(23)19-13)8-11-3-2-10(9-22)6-12(11)17/h2-3,6-7,9H,4-5,8H2,1H3,(H,19,23). The summed E-state index contributed by atoms with van der Waals surface area (Å²) in [5.41, 5.74) is 0.746. The molecule has 2 heterocycles. The van der Waals surface area contributed by atoms with Crippen LogP contribution in [0.25, 0.3) is 11.2 Å². The second-order valence-corrected chi connectivity index (χ2v) is 5.22. The predicted octanol–water partition coefficient (Wildman–Crippen LogP) is 1.14. The lowest BCUT2D eigenvalue weighted by Crippen LogP contribution is -2.18. The van der Waals surface area contributed by atoms with Gasteiger partial charge in [0.15, 0.2) is 5.65 Å². The zero-order chi connectivity index (χ0) is 17.8. The fourth-order valence-corrected chi connectivity index (χ4v) is 2.30. The fraction of sp³-hybridized carbons (Fsp3) is 0.250. The molecule has 0 saturated carbocycles. The molecule has 0 atom stereocenters. The summed E-state index contributed by atoms with van der Waals surface area (Å²) in [6, 6.07) is 4.16. The number of hydrogen-bond acceptors (Lipinski definition) is 6. The normalized spacial score (nSPS) is 11.0. The maximum atomic E-state index is 14.1. The van der Waals surface area contributed by atoms with Crippen molar-refractivity contribution in [3.05, 3.63) is 51.8 Å². The average molecular weight is 346 g/mol. The Morgan fingerprint density at radius 1 is 1.36 bits per heavy atom. The highest BCUT2D eigenvalue weighted by molar-refractivity contribution is 5.74. The molecule has 1 aromatic carbocycles. The molecule has 1 N–H and O–H groups in total. The Balaban J connectivity index is 1.94. The Morgan fingerprint density at radius 3 is 2.92 bits per heavy atom. The number of fused-ring (bicyclic) bond motifs is 1. The molecule has 3 aromatic rings. The molecule has 8 nitrogen and oxygen atoms in total. The molecule has 0 fully saturated rings. The number of aromatic amines is 1. The fourth-order valence-electron chi connectivity index (χ4n) is 2.30. The maximum Gasteiger partial charge on any atom is 0.328 e. The highest BCUT2D eigenvalue weighted by atomic mass is 19.1. The van der Waals surface area contributed by atoms with Crippen LogP contribution in [-0.2, 0) is 11.3 Å². The van der Waals surface area contributed by atoms with E-state index in [0.29, 0.717) is 24.1 Å². The van der Waals surface area contributed by atoms with Crippen molar-refractivity contribution in [1.82, 2.24) is 19.5 Å². The van der Waals surface area contributed by atoms with Crippen LogP contribution in [0, 0.1) is 5.82 Å². The lowest BCUT2D eigenvalue weighted by Gasteiger charge is -2.06. The lowest BCUT2D eigenvalue weighted by atomic mass is 10.1. The molecule has 0 aliphatic heterocycles. The van der Waals surface area contributed by atoms with Crippen molar-refractivity contribution >= 4 is 17.5 Å². The Bertz CT molecular complexity index is 966. The minimum atomic E-state index is -0.573. The van der Waals surface area contributed by atoms with Gasteiger partial charge in [0.25, 0.3) is 0 Å². The molecule has 3 rings (SSSR count). The van der Waals surface area contributed by atoms with Crippen molar-refractivity contribution in [2.75, 3.05) is 20.3 Å². The summed E-state index contributed by atoms with van der Waals surface area (Å²) in [4.78, 5) is 33.6. The lowest BCUT2D eigenvalue weighted by molar-refractivity contribution is 0.112. The van der Waals surface area contributed by atoms with Crippen LogP contribution >= 0.6 is 0 Å². The van der Waals surface area contributed by atoms with E-state index < -0.39 is 11.5 Å². The zero-order valence-corrected chi connectivity index (χ0v) is 13.4. The summed E-state index contributed by atoms with van der Waals surface area (Å²) >= 11 is 0. The van der Waals surface area contributed by atoms with Crippen molar-refractivity contribution in [2.24, 2.45) is 0 Å². The van der Waals surface area contributed by atoms with E-state index >= 15 is 0 Å². The summed E-state index contributed by atoms with van der Waals surface area (Å²) in [6.07, 6.45) is 1.98. The number of aromatic nitrogens is 4. The first-order chi connectivity index (χ1) is 12.1. The number of imidazole rings is 1. The number of benzene rings is 1. The third kappa shape index (κ3) is 3.56. The van der Waals surface area contributed by atoms with Crippen LogP contribution in [0.2, 0.25) is 0 Å². The second-order valence-electron chi connectivity index (χ2n) is 5.22. The molecule has 0 saturated heterocycles. The van der Waals surface area contributed by atoms with Crippen molar-refractivity contribution in [1.29, 1.82) is 0 Å². The minimum Gasteiger partial charge on any atom is -0.461 e. The Hall–Kier alpha value is -3.07. The van der Waals surface area contributed by atoms with Crippen LogP contribution in [0.3, 0.4) is 0 Å². The monoisotopic (exact) mass is 346 g/mol. The van der Waals surface area contributed by atoms with Gasteiger partial charge in [0.1, 0.15) is 24.2 Å². The quantitative estimate of drug-likeness (QED) is 0.509. The van der Waals surface area contributed by atoms with Crippen LogP contribution in [-0.4, -0.2) is 46.1 Å². The van der Waals surface area contributed by atoms with Gasteiger partial charge in [0.2, 0.25) is 0 Å². The van der Waals surface area contributed by atoms with E-state index in [2.05, 4.69) is 15.0 Å². The Labute approximate surface area is 141 Å².